The van der Waals surface area contributed by atoms with E-state index in [9.17, 15) is 9.50 Å². The van der Waals surface area contributed by atoms with E-state index >= 15 is 0 Å². The Kier molecular flexibility index (Phi) is 3.23. The number of nitrogens with zero attached hydrogens (tertiary/aromatic N) is 1. The summed E-state index contributed by atoms with van der Waals surface area (Å²) in [6.45, 7) is 0.963. The zero-order chi connectivity index (χ0) is 8.27. The lowest BCUT2D eigenvalue weighted by Crippen LogP contribution is -2.46. The summed E-state index contributed by atoms with van der Waals surface area (Å²) in [5, 5.41) is 11.0. The lowest BCUT2D eigenvalue weighted by Gasteiger charge is -2.32. The van der Waals surface area contributed by atoms with E-state index in [0.717, 1.165) is 0 Å². The highest BCUT2D eigenvalue weighted by molar-refractivity contribution is 4.77. The molecule has 0 aromatic rings. The summed E-state index contributed by atoms with van der Waals surface area (Å²) in [6, 6.07) is 0. The van der Waals surface area contributed by atoms with E-state index in [2.05, 4.69) is 0 Å². The molecule has 0 amide bonds. The zero-order valence-electron chi connectivity index (χ0n) is 6.54. The van der Waals surface area contributed by atoms with Gasteiger partial charge in [-0.2, -0.15) is 0 Å². The fraction of sp³-hybridized carbons (Fsp3) is 1.00. The molecule has 1 fully saturated rings. The molecule has 4 heteroatoms. The zero-order valence-corrected chi connectivity index (χ0v) is 6.54. The molecule has 1 rings (SSSR count). The largest absolute Gasteiger partial charge is 0.393 e. The average molecular weight is 162 g/mol. The number of hydrogen-bond acceptors (Lipinski definition) is 3. The Bertz CT molecular complexity index is 123. The predicted molar refractivity (Wildman–Crippen MR) is 40.5 cm³/mol. The van der Waals surface area contributed by atoms with Crippen LogP contribution in [-0.4, -0.2) is 36.0 Å². The van der Waals surface area contributed by atoms with Crippen LogP contribution in [0.15, 0.2) is 0 Å². The van der Waals surface area contributed by atoms with Crippen LogP contribution in [0.4, 0.5) is 4.39 Å². The van der Waals surface area contributed by atoms with E-state index in [1.807, 2.05) is 0 Å². The Labute approximate surface area is 66.0 Å². The molecule has 0 bridgehead atoms. The standard InChI is InChI=1S/C7H15FN2O/c8-3-1-6-5-10(9)4-2-7(6)11/h6-7,11H,1-5,9H2/t6-,7-/m0/s1. The van der Waals surface area contributed by atoms with Crippen LogP contribution in [0.1, 0.15) is 12.8 Å². The molecule has 11 heavy (non-hydrogen) atoms. The van der Waals surface area contributed by atoms with E-state index < -0.39 is 0 Å². The van der Waals surface area contributed by atoms with E-state index in [0.29, 0.717) is 25.9 Å². The minimum Gasteiger partial charge on any atom is -0.393 e. The molecule has 2 atom stereocenters. The van der Waals surface area contributed by atoms with Crippen LogP contribution < -0.4 is 5.84 Å². The molecule has 0 aliphatic carbocycles. The van der Waals surface area contributed by atoms with Crippen molar-refractivity contribution in [1.82, 2.24) is 5.01 Å². The van der Waals surface area contributed by atoms with Crippen molar-refractivity contribution in [3.05, 3.63) is 0 Å². The molecule has 3 N–H and O–H groups in total. The molecular weight excluding hydrogens is 147 g/mol. The van der Waals surface area contributed by atoms with Gasteiger partial charge >= 0.3 is 0 Å². The SMILES string of the molecule is NN1CC[C@H](O)[C@@H](CCF)C1. The maximum absolute atomic E-state index is 11.9. The van der Waals surface area contributed by atoms with Crippen LogP contribution in [-0.2, 0) is 0 Å². The molecule has 1 heterocycles. The van der Waals surface area contributed by atoms with Gasteiger partial charge in [0.1, 0.15) is 0 Å². The lowest BCUT2D eigenvalue weighted by atomic mass is 9.93. The third kappa shape index (κ3) is 2.39. The summed E-state index contributed by atoms with van der Waals surface area (Å²) >= 11 is 0. The number of alkyl halides is 1. The van der Waals surface area contributed by atoms with Crippen LogP contribution >= 0.6 is 0 Å². The number of halogens is 1. The third-order valence-electron chi connectivity index (χ3n) is 2.21. The van der Waals surface area contributed by atoms with Crippen LogP contribution in [0, 0.1) is 5.92 Å². The van der Waals surface area contributed by atoms with Crippen molar-refractivity contribution >= 4 is 0 Å². The van der Waals surface area contributed by atoms with Gasteiger partial charge in [-0.1, -0.05) is 0 Å². The summed E-state index contributed by atoms with van der Waals surface area (Å²) in [7, 11) is 0. The second-order valence-electron chi connectivity index (χ2n) is 3.09. The van der Waals surface area contributed by atoms with E-state index in [-0.39, 0.29) is 18.7 Å². The first-order valence-corrected chi connectivity index (χ1v) is 3.97. The van der Waals surface area contributed by atoms with Gasteiger partial charge in [0, 0.05) is 19.0 Å². The van der Waals surface area contributed by atoms with Crippen molar-refractivity contribution in [3.63, 3.8) is 0 Å². The van der Waals surface area contributed by atoms with Gasteiger partial charge in [0.2, 0.25) is 0 Å². The predicted octanol–water partition coefficient (Wildman–Crippen LogP) is -0.0975. The quantitative estimate of drug-likeness (QED) is 0.557. The van der Waals surface area contributed by atoms with Gasteiger partial charge in [-0.25, -0.2) is 5.01 Å². The molecule has 0 saturated carbocycles. The monoisotopic (exact) mass is 162 g/mol. The van der Waals surface area contributed by atoms with Gasteiger partial charge in [-0.05, 0) is 12.8 Å². The second kappa shape index (κ2) is 3.99. The number of aliphatic hydroxyl groups is 1. The van der Waals surface area contributed by atoms with Crippen LogP contribution in [0.25, 0.3) is 0 Å². The lowest BCUT2D eigenvalue weighted by molar-refractivity contribution is 0.0200. The Balaban J connectivity index is 2.34. The van der Waals surface area contributed by atoms with Crippen LogP contribution in [0.3, 0.4) is 0 Å². The maximum atomic E-state index is 11.9. The van der Waals surface area contributed by atoms with E-state index in [4.69, 9.17) is 5.84 Å². The van der Waals surface area contributed by atoms with Crippen molar-refractivity contribution < 1.29 is 9.50 Å². The highest BCUT2D eigenvalue weighted by Gasteiger charge is 2.25. The average Bonchev–Trinajstić information content (AvgIpc) is 1.98. The van der Waals surface area contributed by atoms with Gasteiger partial charge < -0.3 is 5.11 Å². The number of nitrogens with two attached hydrogens (primary N) is 1. The first kappa shape index (κ1) is 8.90. The minimum absolute atomic E-state index is 0.0266. The Hall–Kier alpha value is -0.190. The molecule has 0 spiro atoms. The number of rotatable bonds is 2. The molecule has 1 saturated heterocycles. The highest BCUT2D eigenvalue weighted by atomic mass is 19.1. The molecular formula is C7H15FN2O. The van der Waals surface area contributed by atoms with Gasteiger partial charge in [-0.3, -0.25) is 10.2 Å². The van der Waals surface area contributed by atoms with Gasteiger partial charge in [-0.15, -0.1) is 0 Å². The first-order chi connectivity index (χ1) is 5.24. The van der Waals surface area contributed by atoms with E-state index in [1.54, 1.807) is 5.01 Å². The van der Waals surface area contributed by atoms with Crippen LogP contribution in [0.5, 0.6) is 0 Å². The first-order valence-electron chi connectivity index (χ1n) is 3.97. The van der Waals surface area contributed by atoms with Crippen molar-refractivity contribution in [2.24, 2.45) is 11.8 Å². The number of hydrogen-bond donors (Lipinski definition) is 2. The van der Waals surface area contributed by atoms with Crippen molar-refractivity contribution in [2.45, 2.75) is 18.9 Å². The highest BCUT2D eigenvalue weighted by Crippen LogP contribution is 2.18. The molecule has 0 unspecified atom stereocenters. The fourth-order valence-corrected chi connectivity index (χ4v) is 1.47. The Morgan fingerprint density at radius 3 is 3.00 bits per heavy atom. The smallest absolute Gasteiger partial charge is 0.0898 e. The summed E-state index contributed by atoms with van der Waals surface area (Å²) in [6.07, 6.45) is 0.737. The molecule has 0 aromatic heterocycles. The number of hydrazine groups is 1. The molecule has 1 aliphatic heterocycles. The summed E-state index contributed by atoms with van der Waals surface area (Å²) in [4.78, 5) is 0. The normalized spacial score (nSPS) is 34.1. The summed E-state index contributed by atoms with van der Waals surface area (Å²) in [5.74, 6) is 5.54. The molecule has 3 nitrogen and oxygen atoms in total. The summed E-state index contributed by atoms with van der Waals surface area (Å²) in [5.41, 5.74) is 0. The number of aliphatic hydroxyl groups excluding tert-OH is 1. The van der Waals surface area contributed by atoms with Crippen molar-refractivity contribution in [1.29, 1.82) is 0 Å². The van der Waals surface area contributed by atoms with E-state index in [1.165, 1.54) is 0 Å². The summed E-state index contributed by atoms with van der Waals surface area (Å²) < 4.78 is 11.9. The second-order valence-corrected chi connectivity index (χ2v) is 3.09. The van der Waals surface area contributed by atoms with Crippen LogP contribution in [0.2, 0.25) is 0 Å². The van der Waals surface area contributed by atoms with Gasteiger partial charge in [0.15, 0.2) is 0 Å². The van der Waals surface area contributed by atoms with Crippen molar-refractivity contribution in [3.8, 4) is 0 Å². The fourth-order valence-electron chi connectivity index (χ4n) is 1.47. The molecule has 1 aliphatic rings. The molecule has 0 radical (unpaired) electrons. The van der Waals surface area contributed by atoms with Gasteiger partial charge in [0.05, 0.1) is 12.8 Å². The topological polar surface area (TPSA) is 49.5 Å². The van der Waals surface area contributed by atoms with Crippen molar-refractivity contribution in [2.75, 3.05) is 19.8 Å². The Morgan fingerprint density at radius 1 is 1.64 bits per heavy atom. The molecule has 0 aromatic carbocycles. The maximum Gasteiger partial charge on any atom is 0.0898 e. The Morgan fingerprint density at radius 2 is 2.36 bits per heavy atom. The van der Waals surface area contributed by atoms with Gasteiger partial charge in [0.25, 0.3) is 0 Å². The third-order valence-corrected chi connectivity index (χ3v) is 2.21. The minimum atomic E-state index is -0.366. The molecule has 66 valence electrons. The number of piperidine rings is 1.